The normalized spacial score (nSPS) is 13.0. The lowest BCUT2D eigenvalue weighted by molar-refractivity contribution is 0.585. The lowest BCUT2D eigenvalue weighted by atomic mass is 10.0. The van der Waals surface area contributed by atoms with Crippen LogP contribution >= 0.6 is 11.8 Å². The Hall–Kier alpha value is -2.21. The lowest BCUT2D eigenvalue weighted by Crippen LogP contribution is -1.94. The number of hydrogen-bond donors (Lipinski definition) is 0. The van der Waals surface area contributed by atoms with Crippen molar-refractivity contribution in [1.29, 1.82) is 21.0 Å². The van der Waals surface area contributed by atoms with Crippen LogP contribution in [0.4, 0.5) is 0 Å². The molecule has 0 bridgehead atoms. The first-order valence-electron chi connectivity index (χ1n) is 7.77. The average Bonchev–Trinajstić information content (AvgIpc) is 2.57. The minimum Gasteiger partial charge on any atom is -0.198 e. The zero-order chi connectivity index (χ0) is 17.2. The van der Waals surface area contributed by atoms with Gasteiger partial charge in [0.1, 0.15) is 0 Å². The molecule has 0 heterocycles. The molecule has 0 saturated carbocycles. The zero-order valence-electron chi connectivity index (χ0n) is 13.3. The summed E-state index contributed by atoms with van der Waals surface area (Å²) in [6.07, 6.45) is 9.46. The maximum Gasteiger partial charge on any atom is 0.0659 e. The first kappa shape index (κ1) is 20.8. The van der Waals surface area contributed by atoms with E-state index in [1.165, 1.54) is 11.8 Å². The van der Waals surface area contributed by atoms with Gasteiger partial charge in [0.05, 0.1) is 24.3 Å². The van der Waals surface area contributed by atoms with Crippen LogP contribution in [0, 0.1) is 57.2 Å². The predicted molar refractivity (Wildman–Crippen MR) is 92.2 cm³/mol. The Bertz CT molecular complexity index is 477. The summed E-state index contributed by atoms with van der Waals surface area (Å²) in [6.45, 7) is 0. The number of nitriles is 4. The van der Waals surface area contributed by atoms with Crippen molar-refractivity contribution in [3.8, 4) is 24.3 Å². The van der Waals surface area contributed by atoms with Crippen molar-refractivity contribution >= 4 is 11.8 Å². The molecule has 0 spiro atoms. The van der Waals surface area contributed by atoms with E-state index in [9.17, 15) is 0 Å². The van der Waals surface area contributed by atoms with Crippen LogP contribution in [-0.4, -0.2) is 0 Å². The first-order chi connectivity index (χ1) is 11.3. The molecule has 2 unspecified atom stereocenters. The van der Waals surface area contributed by atoms with Crippen LogP contribution in [-0.2, 0) is 0 Å². The molecule has 0 aliphatic carbocycles. The fourth-order valence-electron chi connectivity index (χ4n) is 1.92. The SMILES string of the molecule is N#CCCCC(C#N)CC=CSC=CCC(C#N)CCCC#N. The molecule has 0 aliphatic heterocycles. The van der Waals surface area contributed by atoms with Gasteiger partial charge in [0, 0.05) is 24.7 Å². The highest BCUT2D eigenvalue weighted by Gasteiger charge is 2.05. The Morgan fingerprint density at radius 1 is 0.739 bits per heavy atom. The average molecular weight is 326 g/mol. The summed E-state index contributed by atoms with van der Waals surface area (Å²) in [6, 6.07) is 8.70. The van der Waals surface area contributed by atoms with Gasteiger partial charge in [0.25, 0.3) is 0 Å². The number of nitrogens with zero attached hydrogens (tertiary/aromatic N) is 4. The number of rotatable bonds is 12. The van der Waals surface area contributed by atoms with Gasteiger partial charge in [-0.25, -0.2) is 0 Å². The third-order valence-electron chi connectivity index (χ3n) is 3.24. The molecular weight excluding hydrogens is 304 g/mol. The van der Waals surface area contributed by atoms with E-state index in [-0.39, 0.29) is 11.8 Å². The molecule has 0 saturated heterocycles. The lowest BCUT2D eigenvalue weighted by Gasteiger charge is -2.03. The summed E-state index contributed by atoms with van der Waals surface area (Å²) < 4.78 is 0. The van der Waals surface area contributed by atoms with Gasteiger partial charge in [-0.1, -0.05) is 12.2 Å². The molecule has 0 aromatic heterocycles. The quantitative estimate of drug-likeness (QED) is 0.459. The van der Waals surface area contributed by atoms with E-state index in [2.05, 4.69) is 24.3 Å². The summed E-state index contributed by atoms with van der Waals surface area (Å²) in [5.74, 6) is -0.0421. The maximum atomic E-state index is 9.00. The van der Waals surface area contributed by atoms with E-state index < -0.39 is 0 Å². The molecule has 0 aromatic rings. The molecule has 5 heteroatoms. The third kappa shape index (κ3) is 13.2. The van der Waals surface area contributed by atoms with Gasteiger partial charge in [-0.3, -0.25) is 0 Å². The summed E-state index contributed by atoms with van der Waals surface area (Å²) in [5.41, 5.74) is 0. The highest BCUT2D eigenvalue weighted by Crippen LogP contribution is 2.16. The highest BCUT2D eigenvalue weighted by atomic mass is 32.2. The number of hydrogen-bond acceptors (Lipinski definition) is 5. The first-order valence-corrected chi connectivity index (χ1v) is 8.71. The zero-order valence-corrected chi connectivity index (χ0v) is 14.1. The van der Waals surface area contributed by atoms with Gasteiger partial charge in [-0.05, 0) is 49.3 Å². The molecule has 2 atom stereocenters. The molecule has 0 rings (SSSR count). The Kier molecular flexibility index (Phi) is 14.6. The second-order valence-electron chi connectivity index (χ2n) is 5.10. The second-order valence-corrected chi connectivity index (χ2v) is 5.92. The van der Waals surface area contributed by atoms with Crippen molar-refractivity contribution < 1.29 is 0 Å². The molecule has 0 fully saturated rings. The topological polar surface area (TPSA) is 95.2 Å². The van der Waals surface area contributed by atoms with Gasteiger partial charge in [-0.15, -0.1) is 11.8 Å². The smallest absolute Gasteiger partial charge is 0.0659 e. The summed E-state index contributed by atoms with van der Waals surface area (Å²) in [4.78, 5) is 0. The largest absolute Gasteiger partial charge is 0.198 e. The number of allylic oxidation sites excluding steroid dienone is 2. The van der Waals surface area contributed by atoms with E-state index in [0.717, 1.165) is 25.7 Å². The van der Waals surface area contributed by atoms with Gasteiger partial charge in [-0.2, -0.15) is 21.0 Å². The molecule has 0 amide bonds. The third-order valence-corrected chi connectivity index (χ3v) is 3.94. The fraction of sp³-hybridized carbons (Fsp3) is 0.556. The Morgan fingerprint density at radius 2 is 1.17 bits per heavy atom. The van der Waals surface area contributed by atoms with Crippen molar-refractivity contribution in [3.05, 3.63) is 23.0 Å². The molecule has 0 aromatic carbocycles. The van der Waals surface area contributed by atoms with Gasteiger partial charge >= 0.3 is 0 Å². The fourth-order valence-corrected chi connectivity index (χ4v) is 2.46. The van der Waals surface area contributed by atoms with Crippen LogP contribution in [0.25, 0.3) is 0 Å². The van der Waals surface area contributed by atoms with Crippen LogP contribution in [0.3, 0.4) is 0 Å². The summed E-state index contributed by atoms with van der Waals surface area (Å²) in [5, 5.41) is 38.8. The molecule has 0 aliphatic rings. The minimum atomic E-state index is -0.0210. The second kappa shape index (κ2) is 16.2. The molecule has 0 radical (unpaired) electrons. The van der Waals surface area contributed by atoms with Gasteiger partial charge in [0.15, 0.2) is 0 Å². The van der Waals surface area contributed by atoms with E-state index in [1.54, 1.807) is 0 Å². The molecule has 120 valence electrons. The van der Waals surface area contributed by atoms with E-state index in [1.807, 2.05) is 23.0 Å². The highest BCUT2D eigenvalue weighted by molar-refractivity contribution is 8.04. The Labute approximate surface area is 143 Å². The molecule has 0 N–H and O–H groups in total. The van der Waals surface area contributed by atoms with Crippen molar-refractivity contribution in [2.24, 2.45) is 11.8 Å². The summed E-state index contributed by atoms with van der Waals surface area (Å²) >= 11 is 1.53. The Morgan fingerprint density at radius 3 is 1.52 bits per heavy atom. The standard InChI is InChI=1S/C18H22N4S/c19-11-3-1-7-17(15-21)9-5-13-23-14-6-10-18(16-22)8-2-4-12-20/h5-6,13-14,17-18H,1-4,7-10H2. The van der Waals surface area contributed by atoms with Gasteiger partial charge < -0.3 is 0 Å². The predicted octanol–water partition coefficient (Wildman–Crippen LogP) is 5.19. The van der Waals surface area contributed by atoms with Crippen LogP contribution in [0.15, 0.2) is 23.0 Å². The monoisotopic (exact) mass is 326 g/mol. The molecule has 23 heavy (non-hydrogen) atoms. The van der Waals surface area contributed by atoms with Crippen molar-refractivity contribution in [2.75, 3.05) is 0 Å². The van der Waals surface area contributed by atoms with Crippen molar-refractivity contribution in [3.63, 3.8) is 0 Å². The van der Waals surface area contributed by atoms with Crippen molar-refractivity contribution in [2.45, 2.75) is 51.4 Å². The molecular formula is C18H22N4S. The van der Waals surface area contributed by atoms with E-state index in [4.69, 9.17) is 21.0 Å². The van der Waals surface area contributed by atoms with E-state index >= 15 is 0 Å². The maximum absolute atomic E-state index is 9.00. The summed E-state index contributed by atoms with van der Waals surface area (Å²) in [7, 11) is 0. The van der Waals surface area contributed by atoms with Crippen LogP contribution in [0.5, 0.6) is 0 Å². The minimum absolute atomic E-state index is 0.0210. The number of thioether (sulfide) groups is 1. The number of unbranched alkanes of at least 4 members (excludes halogenated alkanes) is 2. The van der Waals surface area contributed by atoms with Crippen LogP contribution in [0.2, 0.25) is 0 Å². The van der Waals surface area contributed by atoms with E-state index in [0.29, 0.717) is 25.7 Å². The van der Waals surface area contributed by atoms with Crippen LogP contribution in [0.1, 0.15) is 51.4 Å². The Balaban J connectivity index is 3.87. The van der Waals surface area contributed by atoms with Gasteiger partial charge in [0.2, 0.25) is 0 Å². The molecule has 4 nitrogen and oxygen atoms in total. The van der Waals surface area contributed by atoms with Crippen molar-refractivity contribution in [1.82, 2.24) is 0 Å². The van der Waals surface area contributed by atoms with Crippen LogP contribution < -0.4 is 0 Å².